The molecule has 0 unspecified atom stereocenters. The lowest BCUT2D eigenvalue weighted by Crippen LogP contribution is -2.53. The molecule has 13 nitrogen and oxygen atoms in total. The molecule has 0 bridgehead atoms. The lowest BCUT2D eigenvalue weighted by molar-refractivity contribution is -0.246. The minimum atomic E-state index is -1.17. The van der Waals surface area contributed by atoms with E-state index >= 15 is 0 Å². The minimum Gasteiger partial charge on any atom is -0.476 e. The molecule has 1 N–H and O–H groups in total. The third kappa shape index (κ3) is 14.0. The van der Waals surface area contributed by atoms with Crippen LogP contribution in [-0.2, 0) is 52.9 Å². The molecule has 0 spiro atoms. The van der Waals surface area contributed by atoms with E-state index in [2.05, 4.69) is 5.32 Å². The summed E-state index contributed by atoms with van der Waals surface area (Å²) in [6.07, 6.45) is 2.41. The van der Waals surface area contributed by atoms with E-state index in [-0.39, 0.29) is 32.6 Å². The molecule has 0 aliphatic rings. The Morgan fingerprint density at radius 2 is 1.12 bits per heavy atom. The number of nitrogens with one attached hydrogen (secondary N) is 1. The van der Waals surface area contributed by atoms with Gasteiger partial charge in [0.05, 0.1) is 19.8 Å². The van der Waals surface area contributed by atoms with E-state index < -0.39 is 41.0 Å². The first kappa shape index (κ1) is 46.6. The standard InChI is InChI=1S/C47H59N3O10/c1-8-31-48-45(55)49(33-36-21-26-37-17-11-12-18-38(37)32-36)50(41(51)19-13-15-34-22-27-39(28-23-34)58-46(4,5)43(53)56-9-2)60-42(52)20-14-16-35-24-29-40(30-25-35)59-47(6,7)44(54)57-10-3/h11-12,17-18,21-30,32H,8-10,13-16,19-20,31,33H2,1-7H3,(H,48,55). The zero-order valence-corrected chi connectivity index (χ0v) is 35.9. The number of hydrogen-bond donors (Lipinski definition) is 1. The molecule has 0 radical (unpaired) electrons. The first-order chi connectivity index (χ1) is 28.6. The van der Waals surface area contributed by atoms with Crippen molar-refractivity contribution in [3.63, 3.8) is 0 Å². The van der Waals surface area contributed by atoms with Gasteiger partial charge in [-0.1, -0.05) is 72.8 Å². The van der Waals surface area contributed by atoms with Crippen molar-refractivity contribution in [2.75, 3.05) is 19.8 Å². The first-order valence-electron chi connectivity index (χ1n) is 20.6. The molecule has 0 saturated carbocycles. The summed E-state index contributed by atoms with van der Waals surface area (Å²) >= 11 is 0. The van der Waals surface area contributed by atoms with Gasteiger partial charge in [-0.15, -0.1) is 0 Å². The third-order valence-corrected chi connectivity index (χ3v) is 9.36. The van der Waals surface area contributed by atoms with E-state index in [4.69, 9.17) is 23.8 Å². The van der Waals surface area contributed by atoms with Crippen LogP contribution in [0.25, 0.3) is 10.8 Å². The fourth-order valence-electron chi connectivity index (χ4n) is 6.14. The number of carbonyl (C=O) groups is 5. The van der Waals surface area contributed by atoms with Gasteiger partial charge >= 0.3 is 23.9 Å². The normalized spacial score (nSPS) is 11.3. The number of esters is 2. The second kappa shape index (κ2) is 22.3. The highest BCUT2D eigenvalue weighted by molar-refractivity contribution is 5.84. The zero-order chi connectivity index (χ0) is 43.7. The number of carbonyl (C=O) groups excluding carboxylic acids is 5. The Morgan fingerprint density at radius 3 is 1.63 bits per heavy atom. The first-order valence-corrected chi connectivity index (χ1v) is 20.6. The molecule has 0 atom stereocenters. The Balaban J connectivity index is 1.46. The van der Waals surface area contributed by atoms with Crippen LogP contribution in [0, 0.1) is 0 Å². The van der Waals surface area contributed by atoms with Crippen LogP contribution in [0.5, 0.6) is 11.5 Å². The molecule has 0 aliphatic heterocycles. The highest BCUT2D eigenvalue weighted by Crippen LogP contribution is 2.24. The number of ether oxygens (including phenoxy) is 4. The molecule has 0 saturated heterocycles. The van der Waals surface area contributed by atoms with Crippen LogP contribution >= 0.6 is 0 Å². The summed E-state index contributed by atoms with van der Waals surface area (Å²) in [7, 11) is 0. The van der Waals surface area contributed by atoms with Gasteiger partial charge in [0.1, 0.15) is 11.5 Å². The van der Waals surface area contributed by atoms with Crippen molar-refractivity contribution < 1.29 is 47.8 Å². The van der Waals surface area contributed by atoms with Crippen LogP contribution in [0.2, 0.25) is 0 Å². The van der Waals surface area contributed by atoms with Crippen molar-refractivity contribution in [2.24, 2.45) is 0 Å². The summed E-state index contributed by atoms with van der Waals surface area (Å²) in [5, 5.41) is 6.78. The van der Waals surface area contributed by atoms with Crippen LogP contribution in [-0.4, -0.2) is 71.0 Å². The van der Waals surface area contributed by atoms with Crippen LogP contribution in [0.4, 0.5) is 4.79 Å². The monoisotopic (exact) mass is 825 g/mol. The maximum absolute atomic E-state index is 14.0. The van der Waals surface area contributed by atoms with Crippen molar-refractivity contribution in [3.05, 3.63) is 108 Å². The van der Waals surface area contributed by atoms with Gasteiger partial charge in [0, 0.05) is 19.4 Å². The number of rotatable bonds is 20. The number of amides is 3. The van der Waals surface area contributed by atoms with Gasteiger partial charge in [0.25, 0.3) is 5.91 Å². The Labute approximate surface area is 353 Å². The predicted molar refractivity (Wildman–Crippen MR) is 228 cm³/mol. The third-order valence-electron chi connectivity index (χ3n) is 9.36. The fourth-order valence-corrected chi connectivity index (χ4v) is 6.14. The lowest BCUT2D eigenvalue weighted by atomic mass is 10.1. The summed E-state index contributed by atoms with van der Waals surface area (Å²) in [5.74, 6) is -1.17. The number of nitrogens with zero attached hydrogens (tertiary/aromatic N) is 2. The van der Waals surface area contributed by atoms with Crippen LogP contribution in [0.1, 0.15) is 97.3 Å². The molecule has 322 valence electrons. The number of aryl methyl sites for hydroxylation is 2. The summed E-state index contributed by atoms with van der Waals surface area (Å²) < 4.78 is 21.9. The number of hydroxylamine groups is 1. The number of hydrazine groups is 1. The van der Waals surface area contributed by atoms with Crippen LogP contribution < -0.4 is 14.8 Å². The Hall–Kier alpha value is -6.11. The summed E-state index contributed by atoms with van der Waals surface area (Å²) in [4.78, 5) is 71.6. The molecular formula is C47H59N3O10. The van der Waals surface area contributed by atoms with Crippen molar-refractivity contribution in [1.82, 2.24) is 15.5 Å². The fraction of sp³-hybridized carbons (Fsp3) is 0.426. The lowest BCUT2D eigenvalue weighted by Gasteiger charge is -2.32. The van der Waals surface area contributed by atoms with Gasteiger partial charge in [-0.25, -0.2) is 19.2 Å². The zero-order valence-electron chi connectivity index (χ0n) is 35.9. The summed E-state index contributed by atoms with van der Waals surface area (Å²) in [6.45, 7) is 12.8. The second-order valence-corrected chi connectivity index (χ2v) is 15.3. The molecule has 60 heavy (non-hydrogen) atoms. The van der Waals surface area contributed by atoms with Gasteiger partial charge in [-0.2, -0.15) is 5.01 Å². The highest BCUT2D eigenvalue weighted by Gasteiger charge is 2.33. The van der Waals surface area contributed by atoms with Gasteiger partial charge in [0.2, 0.25) is 0 Å². The van der Waals surface area contributed by atoms with Gasteiger partial charge < -0.3 is 29.1 Å². The van der Waals surface area contributed by atoms with Crippen LogP contribution in [0.3, 0.4) is 0 Å². The number of fused-ring (bicyclic) bond motifs is 1. The molecule has 0 heterocycles. The molecule has 3 amide bonds. The SMILES string of the molecule is CCCNC(=O)N(Cc1ccc2ccccc2c1)N(OC(=O)CCCc1ccc(OC(C)(C)C(=O)OCC)cc1)C(=O)CCCc1ccc(OC(C)(C)C(=O)OCC)cc1. The molecular weight excluding hydrogens is 767 g/mol. The topological polar surface area (TPSA) is 150 Å². The Bertz CT molecular complexity index is 2050. The maximum atomic E-state index is 14.0. The number of benzene rings is 4. The van der Waals surface area contributed by atoms with Crippen molar-refractivity contribution >= 4 is 40.6 Å². The smallest absolute Gasteiger partial charge is 0.349 e. The van der Waals surface area contributed by atoms with E-state index in [1.807, 2.05) is 73.7 Å². The summed E-state index contributed by atoms with van der Waals surface area (Å²) in [5.41, 5.74) is 0.256. The quantitative estimate of drug-likeness (QED) is 0.0680. The minimum absolute atomic E-state index is 0.0281. The second-order valence-electron chi connectivity index (χ2n) is 15.3. The van der Waals surface area contributed by atoms with Gasteiger partial charge in [0.15, 0.2) is 11.2 Å². The average molecular weight is 826 g/mol. The Kier molecular flexibility index (Phi) is 17.3. The number of urea groups is 1. The maximum Gasteiger partial charge on any atom is 0.349 e. The predicted octanol–water partition coefficient (Wildman–Crippen LogP) is 8.45. The molecule has 4 rings (SSSR count). The van der Waals surface area contributed by atoms with E-state index in [1.54, 1.807) is 65.8 Å². The molecule has 13 heteroatoms. The largest absolute Gasteiger partial charge is 0.476 e. The average Bonchev–Trinajstić information content (AvgIpc) is 3.22. The molecule has 4 aromatic rings. The van der Waals surface area contributed by atoms with Crippen LogP contribution in [0.15, 0.2) is 91.0 Å². The van der Waals surface area contributed by atoms with E-state index in [9.17, 15) is 24.0 Å². The van der Waals surface area contributed by atoms with E-state index in [0.29, 0.717) is 50.1 Å². The van der Waals surface area contributed by atoms with Crippen molar-refractivity contribution in [2.45, 2.75) is 111 Å². The number of hydrogen-bond acceptors (Lipinski definition) is 10. The highest BCUT2D eigenvalue weighted by atomic mass is 16.8. The molecule has 0 fully saturated rings. The van der Waals surface area contributed by atoms with Gasteiger partial charge in [-0.05, 0) is 131 Å². The van der Waals surface area contributed by atoms with Gasteiger partial charge in [-0.3, -0.25) is 4.79 Å². The van der Waals surface area contributed by atoms with Crippen molar-refractivity contribution in [1.29, 1.82) is 0 Å². The molecule has 0 aromatic heterocycles. The van der Waals surface area contributed by atoms with E-state index in [1.165, 1.54) is 0 Å². The summed E-state index contributed by atoms with van der Waals surface area (Å²) in [6, 6.07) is 27.4. The Morgan fingerprint density at radius 1 is 0.617 bits per heavy atom. The van der Waals surface area contributed by atoms with Crippen molar-refractivity contribution in [3.8, 4) is 11.5 Å². The molecule has 4 aromatic carbocycles. The van der Waals surface area contributed by atoms with E-state index in [0.717, 1.165) is 37.6 Å². The molecule has 0 aliphatic carbocycles.